The van der Waals surface area contributed by atoms with Gasteiger partial charge in [0.05, 0.1) is 0 Å². The van der Waals surface area contributed by atoms with Crippen molar-refractivity contribution in [2.24, 2.45) is 5.92 Å². The average molecular weight is 228 g/mol. The minimum absolute atomic E-state index is 0.118. The normalized spacial score (nSPS) is 13.6. The van der Waals surface area contributed by atoms with Gasteiger partial charge in [0.2, 0.25) is 5.91 Å². The predicted octanol–water partition coefficient (Wildman–Crippen LogP) is 2.32. The Morgan fingerprint density at radius 3 is 2.44 bits per heavy atom. The largest absolute Gasteiger partial charge is 0.351 e. The molecule has 0 aliphatic carbocycles. The van der Waals surface area contributed by atoms with Crippen LogP contribution < -0.4 is 10.6 Å². The first kappa shape index (κ1) is 15.4. The monoisotopic (exact) mass is 228 g/mol. The Bertz CT molecular complexity index is 197. The molecule has 0 aromatic carbocycles. The Hall–Kier alpha value is -0.570. The third-order valence-electron chi connectivity index (χ3n) is 2.32. The number of hydrogen-bond donors (Lipinski definition) is 2. The van der Waals surface area contributed by atoms with Gasteiger partial charge in [-0.05, 0) is 39.7 Å². The molecule has 1 unspecified atom stereocenters. The fourth-order valence-corrected chi connectivity index (χ4v) is 1.63. The topological polar surface area (TPSA) is 41.1 Å². The molecule has 0 aliphatic heterocycles. The van der Waals surface area contributed by atoms with Gasteiger partial charge in [0.25, 0.3) is 0 Å². The fourth-order valence-electron chi connectivity index (χ4n) is 1.63. The molecule has 0 heterocycles. The van der Waals surface area contributed by atoms with Crippen LogP contribution in [0.2, 0.25) is 0 Å². The summed E-state index contributed by atoms with van der Waals surface area (Å²) in [6.45, 7) is 12.2. The Kier molecular flexibility index (Phi) is 7.39. The molecular formula is C13H28N2O. The second-order valence-electron chi connectivity index (χ2n) is 5.65. The van der Waals surface area contributed by atoms with Gasteiger partial charge in [-0.3, -0.25) is 4.79 Å². The number of hydrogen-bond acceptors (Lipinski definition) is 2. The summed E-state index contributed by atoms with van der Waals surface area (Å²) in [6, 6.07) is 0. The van der Waals surface area contributed by atoms with E-state index in [0.717, 1.165) is 13.1 Å². The van der Waals surface area contributed by atoms with Crippen LogP contribution in [0, 0.1) is 5.92 Å². The van der Waals surface area contributed by atoms with Gasteiger partial charge in [0.1, 0.15) is 0 Å². The third-order valence-corrected chi connectivity index (χ3v) is 2.32. The zero-order valence-electron chi connectivity index (χ0n) is 11.5. The van der Waals surface area contributed by atoms with Crippen molar-refractivity contribution < 1.29 is 4.79 Å². The molecule has 0 aromatic rings. The molecule has 1 amide bonds. The van der Waals surface area contributed by atoms with Crippen molar-refractivity contribution in [1.29, 1.82) is 0 Å². The van der Waals surface area contributed by atoms with Gasteiger partial charge >= 0.3 is 0 Å². The van der Waals surface area contributed by atoms with Crippen LogP contribution in [0.3, 0.4) is 0 Å². The van der Waals surface area contributed by atoms with Crippen LogP contribution in [0.15, 0.2) is 0 Å². The van der Waals surface area contributed by atoms with E-state index in [4.69, 9.17) is 0 Å². The first-order chi connectivity index (χ1) is 7.35. The van der Waals surface area contributed by atoms with Crippen molar-refractivity contribution in [2.75, 3.05) is 13.1 Å². The van der Waals surface area contributed by atoms with E-state index in [1.165, 1.54) is 12.8 Å². The Balaban J connectivity index is 3.48. The summed E-state index contributed by atoms with van der Waals surface area (Å²) in [5, 5.41) is 6.28. The summed E-state index contributed by atoms with van der Waals surface area (Å²) >= 11 is 0. The summed E-state index contributed by atoms with van der Waals surface area (Å²) < 4.78 is 0. The van der Waals surface area contributed by atoms with Crippen molar-refractivity contribution in [1.82, 2.24) is 10.6 Å². The van der Waals surface area contributed by atoms with Crippen molar-refractivity contribution in [3.8, 4) is 0 Å². The number of amides is 1. The molecule has 96 valence electrons. The lowest BCUT2D eigenvalue weighted by Crippen LogP contribution is -2.41. The molecule has 16 heavy (non-hydrogen) atoms. The third kappa shape index (κ3) is 9.97. The molecule has 0 radical (unpaired) electrons. The second-order valence-corrected chi connectivity index (χ2v) is 5.65. The maximum absolute atomic E-state index is 11.5. The van der Waals surface area contributed by atoms with Gasteiger partial charge in [0, 0.05) is 18.5 Å². The lowest BCUT2D eigenvalue weighted by molar-refractivity contribution is -0.122. The highest BCUT2D eigenvalue weighted by Crippen LogP contribution is 2.02. The minimum Gasteiger partial charge on any atom is -0.351 e. The highest BCUT2D eigenvalue weighted by Gasteiger charge is 2.12. The molecular weight excluding hydrogens is 200 g/mol. The molecule has 0 bridgehead atoms. The van der Waals surface area contributed by atoms with Crippen LogP contribution in [0.25, 0.3) is 0 Å². The van der Waals surface area contributed by atoms with Crippen molar-refractivity contribution in [3.05, 3.63) is 0 Å². The molecule has 0 spiro atoms. The fraction of sp³-hybridized carbons (Fsp3) is 0.923. The van der Waals surface area contributed by atoms with Gasteiger partial charge in [-0.25, -0.2) is 0 Å². The molecule has 0 saturated heterocycles. The van der Waals surface area contributed by atoms with Crippen LogP contribution in [0.4, 0.5) is 0 Å². The number of rotatable bonds is 7. The SMILES string of the molecule is CCCC(C)CNCCC(=O)NC(C)(C)C. The van der Waals surface area contributed by atoms with Gasteiger partial charge in [-0.1, -0.05) is 20.3 Å². The molecule has 0 saturated carbocycles. The molecule has 0 fully saturated rings. The predicted molar refractivity (Wildman–Crippen MR) is 69.5 cm³/mol. The Labute approximate surface area is 100 Å². The van der Waals surface area contributed by atoms with E-state index in [-0.39, 0.29) is 11.4 Å². The number of carbonyl (C=O) groups excluding carboxylic acids is 1. The molecule has 2 N–H and O–H groups in total. The van der Waals surface area contributed by atoms with Crippen LogP contribution in [-0.2, 0) is 4.79 Å². The lowest BCUT2D eigenvalue weighted by Gasteiger charge is -2.20. The van der Waals surface area contributed by atoms with Crippen LogP contribution in [-0.4, -0.2) is 24.5 Å². The quantitative estimate of drug-likeness (QED) is 0.657. The minimum atomic E-state index is -0.118. The van der Waals surface area contributed by atoms with Gasteiger partial charge in [-0.15, -0.1) is 0 Å². The van der Waals surface area contributed by atoms with Crippen LogP contribution in [0.1, 0.15) is 53.9 Å². The van der Waals surface area contributed by atoms with Crippen molar-refractivity contribution in [3.63, 3.8) is 0 Å². The van der Waals surface area contributed by atoms with Crippen LogP contribution >= 0.6 is 0 Å². The first-order valence-corrected chi connectivity index (χ1v) is 6.37. The molecule has 0 aliphatic rings. The molecule has 3 nitrogen and oxygen atoms in total. The number of nitrogens with one attached hydrogen (secondary N) is 2. The summed E-state index contributed by atoms with van der Waals surface area (Å²) in [5.74, 6) is 0.832. The Morgan fingerprint density at radius 1 is 1.31 bits per heavy atom. The maximum atomic E-state index is 11.5. The van der Waals surface area contributed by atoms with Gasteiger partial charge in [-0.2, -0.15) is 0 Å². The lowest BCUT2D eigenvalue weighted by atomic mass is 10.1. The molecule has 1 atom stereocenters. The van der Waals surface area contributed by atoms with Crippen LogP contribution in [0.5, 0.6) is 0 Å². The van der Waals surface area contributed by atoms with E-state index < -0.39 is 0 Å². The van der Waals surface area contributed by atoms with E-state index in [9.17, 15) is 4.79 Å². The number of carbonyl (C=O) groups is 1. The zero-order chi connectivity index (χ0) is 12.6. The summed E-state index contributed by atoms with van der Waals surface area (Å²) in [7, 11) is 0. The summed E-state index contributed by atoms with van der Waals surface area (Å²) in [5.41, 5.74) is -0.118. The summed E-state index contributed by atoms with van der Waals surface area (Å²) in [4.78, 5) is 11.5. The zero-order valence-corrected chi connectivity index (χ0v) is 11.5. The average Bonchev–Trinajstić information content (AvgIpc) is 2.10. The molecule has 0 rings (SSSR count). The van der Waals surface area contributed by atoms with E-state index in [1.807, 2.05) is 20.8 Å². The summed E-state index contributed by atoms with van der Waals surface area (Å²) in [6.07, 6.45) is 3.05. The smallest absolute Gasteiger partial charge is 0.221 e. The second kappa shape index (κ2) is 7.66. The standard InChI is InChI=1S/C13H28N2O/c1-6-7-11(2)10-14-9-8-12(16)15-13(3,4)5/h11,14H,6-10H2,1-5H3,(H,15,16). The maximum Gasteiger partial charge on any atom is 0.221 e. The van der Waals surface area contributed by atoms with E-state index in [1.54, 1.807) is 0 Å². The van der Waals surface area contributed by atoms with E-state index in [0.29, 0.717) is 12.3 Å². The van der Waals surface area contributed by atoms with E-state index >= 15 is 0 Å². The van der Waals surface area contributed by atoms with Gasteiger partial charge < -0.3 is 10.6 Å². The van der Waals surface area contributed by atoms with Gasteiger partial charge in [0.15, 0.2) is 0 Å². The highest BCUT2D eigenvalue weighted by molar-refractivity contribution is 5.76. The Morgan fingerprint density at radius 2 is 1.94 bits per heavy atom. The van der Waals surface area contributed by atoms with Crippen molar-refractivity contribution >= 4 is 5.91 Å². The highest BCUT2D eigenvalue weighted by atomic mass is 16.1. The van der Waals surface area contributed by atoms with E-state index in [2.05, 4.69) is 24.5 Å². The first-order valence-electron chi connectivity index (χ1n) is 6.37. The molecule has 0 aromatic heterocycles. The molecule has 3 heteroatoms. The van der Waals surface area contributed by atoms with Crippen molar-refractivity contribution in [2.45, 2.75) is 59.4 Å².